The van der Waals surface area contributed by atoms with Crippen LogP contribution in [0.3, 0.4) is 0 Å². The second kappa shape index (κ2) is 6.26. The fourth-order valence-corrected chi connectivity index (χ4v) is 4.94. The van der Waals surface area contributed by atoms with Gasteiger partial charge < -0.3 is 15.2 Å². The standard InChI is InChI=1S/C13H22F3NO4S/c1-22(18,19)12(7-20-8-12)10-3-2-9(21-5-4-17)6-11(10)13(14,15)16/h9-11H,2-8,17H2,1H3. The smallest absolute Gasteiger partial charge is 0.378 e. The monoisotopic (exact) mass is 345 g/mol. The summed E-state index contributed by atoms with van der Waals surface area (Å²) in [6.07, 6.45) is -3.62. The summed E-state index contributed by atoms with van der Waals surface area (Å²) in [5.74, 6) is -2.67. The first kappa shape index (κ1) is 18.0. The molecule has 1 saturated heterocycles. The van der Waals surface area contributed by atoms with Crippen molar-refractivity contribution in [3.05, 3.63) is 0 Å². The molecule has 0 aromatic carbocycles. The van der Waals surface area contributed by atoms with Gasteiger partial charge in [-0.3, -0.25) is 0 Å². The van der Waals surface area contributed by atoms with Crippen LogP contribution < -0.4 is 5.73 Å². The largest absolute Gasteiger partial charge is 0.392 e. The number of rotatable bonds is 5. The molecule has 2 rings (SSSR count). The second-order valence-corrected chi connectivity index (χ2v) is 8.54. The first-order chi connectivity index (χ1) is 10.1. The Bertz CT molecular complexity index is 490. The van der Waals surface area contributed by atoms with Gasteiger partial charge in [0.15, 0.2) is 9.84 Å². The maximum Gasteiger partial charge on any atom is 0.392 e. The Kier molecular flexibility index (Phi) is 5.11. The van der Waals surface area contributed by atoms with E-state index in [1.807, 2.05) is 0 Å². The Balaban J connectivity index is 2.23. The molecule has 1 aliphatic heterocycles. The summed E-state index contributed by atoms with van der Waals surface area (Å²) in [4.78, 5) is 0. The third-order valence-corrected chi connectivity index (χ3v) is 6.82. The van der Waals surface area contributed by atoms with E-state index in [0.29, 0.717) is 6.42 Å². The van der Waals surface area contributed by atoms with Crippen LogP contribution in [-0.4, -0.2) is 58.1 Å². The normalized spacial score (nSPS) is 32.5. The number of halogens is 3. The molecule has 0 bridgehead atoms. The zero-order chi connectivity index (χ0) is 16.6. The maximum atomic E-state index is 13.4. The molecular weight excluding hydrogens is 323 g/mol. The third-order valence-electron chi connectivity index (χ3n) is 4.80. The summed E-state index contributed by atoms with van der Waals surface area (Å²) in [7, 11) is -3.64. The molecule has 3 atom stereocenters. The fraction of sp³-hybridized carbons (Fsp3) is 1.00. The molecule has 2 fully saturated rings. The van der Waals surface area contributed by atoms with Crippen LogP contribution in [0.5, 0.6) is 0 Å². The van der Waals surface area contributed by atoms with Crippen molar-refractivity contribution in [3.8, 4) is 0 Å². The van der Waals surface area contributed by atoms with Crippen molar-refractivity contribution < 1.29 is 31.1 Å². The lowest BCUT2D eigenvalue weighted by Gasteiger charge is -2.51. The van der Waals surface area contributed by atoms with Crippen molar-refractivity contribution in [1.82, 2.24) is 0 Å². The van der Waals surface area contributed by atoms with Gasteiger partial charge in [0, 0.05) is 12.8 Å². The number of sulfone groups is 1. The van der Waals surface area contributed by atoms with Gasteiger partial charge in [0.2, 0.25) is 0 Å². The Hall–Kier alpha value is -0.380. The van der Waals surface area contributed by atoms with Gasteiger partial charge in [-0.2, -0.15) is 13.2 Å². The number of hydrogen-bond donors (Lipinski definition) is 1. The Morgan fingerprint density at radius 3 is 2.36 bits per heavy atom. The molecule has 2 N–H and O–H groups in total. The van der Waals surface area contributed by atoms with Crippen molar-refractivity contribution in [3.63, 3.8) is 0 Å². The lowest BCUT2D eigenvalue weighted by Crippen LogP contribution is -2.64. The maximum absolute atomic E-state index is 13.4. The topological polar surface area (TPSA) is 78.6 Å². The number of ether oxygens (including phenoxy) is 2. The van der Waals surface area contributed by atoms with Crippen molar-refractivity contribution in [2.24, 2.45) is 17.6 Å². The number of alkyl halides is 3. The molecule has 130 valence electrons. The van der Waals surface area contributed by atoms with Crippen LogP contribution in [0.25, 0.3) is 0 Å². The zero-order valence-corrected chi connectivity index (χ0v) is 13.3. The predicted molar refractivity (Wildman–Crippen MR) is 74.1 cm³/mol. The van der Waals surface area contributed by atoms with E-state index in [2.05, 4.69) is 0 Å². The van der Waals surface area contributed by atoms with Crippen LogP contribution in [0.15, 0.2) is 0 Å². The highest BCUT2D eigenvalue weighted by atomic mass is 32.2. The molecule has 9 heteroatoms. The van der Waals surface area contributed by atoms with Crippen molar-refractivity contribution in [2.75, 3.05) is 32.6 Å². The minimum atomic E-state index is -4.46. The molecule has 3 unspecified atom stereocenters. The van der Waals surface area contributed by atoms with E-state index in [1.165, 1.54) is 0 Å². The van der Waals surface area contributed by atoms with E-state index in [4.69, 9.17) is 15.2 Å². The molecule has 5 nitrogen and oxygen atoms in total. The Morgan fingerprint density at radius 1 is 1.32 bits per heavy atom. The van der Waals surface area contributed by atoms with E-state index in [9.17, 15) is 21.6 Å². The van der Waals surface area contributed by atoms with Gasteiger partial charge in [-0.05, 0) is 25.2 Å². The third kappa shape index (κ3) is 3.27. The highest BCUT2D eigenvalue weighted by Crippen LogP contribution is 2.51. The summed E-state index contributed by atoms with van der Waals surface area (Å²) in [5.41, 5.74) is 5.31. The Morgan fingerprint density at radius 2 is 1.95 bits per heavy atom. The fourth-order valence-electron chi connectivity index (χ4n) is 3.52. The Labute approximate surface area is 128 Å². The minimum absolute atomic E-state index is 0.155. The molecule has 1 saturated carbocycles. The van der Waals surface area contributed by atoms with Gasteiger partial charge >= 0.3 is 6.18 Å². The van der Waals surface area contributed by atoms with Gasteiger partial charge in [-0.25, -0.2) is 8.42 Å². The van der Waals surface area contributed by atoms with Crippen LogP contribution in [0.1, 0.15) is 19.3 Å². The first-order valence-electron chi connectivity index (χ1n) is 7.27. The van der Waals surface area contributed by atoms with E-state index in [1.54, 1.807) is 0 Å². The average Bonchev–Trinajstić information content (AvgIpc) is 2.33. The van der Waals surface area contributed by atoms with Crippen LogP contribution >= 0.6 is 0 Å². The molecule has 0 aromatic rings. The quantitative estimate of drug-likeness (QED) is 0.808. The highest BCUT2D eigenvalue weighted by molar-refractivity contribution is 7.92. The number of nitrogens with two attached hydrogens (primary N) is 1. The summed E-state index contributed by atoms with van der Waals surface area (Å²) >= 11 is 0. The molecule has 2 aliphatic rings. The van der Waals surface area contributed by atoms with Crippen molar-refractivity contribution in [1.29, 1.82) is 0 Å². The van der Waals surface area contributed by atoms with Gasteiger partial charge in [0.25, 0.3) is 0 Å². The minimum Gasteiger partial charge on any atom is -0.378 e. The SMILES string of the molecule is CS(=O)(=O)C1(C2CCC(OCCN)CC2C(F)(F)F)COC1. The van der Waals surface area contributed by atoms with Gasteiger partial charge in [0.1, 0.15) is 4.75 Å². The highest BCUT2D eigenvalue weighted by Gasteiger charge is 2.62. The second-order valence-electron chi connectivity index (χ2n) is 6.18. The lowest BCUT2D eigenvalue weighted by atomic mass is 9.69. The van der Waals surface area contributed by atoms with Crippen molar-refractivity contribution in [2.45, 2.75) is 36.3 Å². The summed E-state index contributed by atoms with van der Waals surface area (Å²) < 4.78 is 73.4. The molecule has 1 heterocycles. The number of hydrogen-bond acceptors (Lipinski definition) is 5. The van der Waals surface area contributed by atoms with Crippen LogP contribution in [0.4, 0.5) is 13.2 Å². The molecule has 0 spiro atoms. The molecule has 0 radical (unpaired) electrons. The van der Waals surface area contributed by atoms with Gasteiger partial charge in [-0.1, -0.05) is 0 Å². The van der Waals surface area contributed by atoms with Crippen LogP contribution in [0, 0.1) is 11.8 Å². The van der Waals surface area contributed by atoms with E-state index < -0.39 is 38.7 Å². The molecule has 0 amide bonds. The van der Waals surface area contributed by atoms with Gasteiger partial charge in [0.05, 0.1) is 31.8 Å². The molecule has 22 heavy (non-hydrogen) atoms. The van der Waals surface area contributed by atoms with Gasteiger partial charge in [-0.15, -0.1) is 0 Å². The average molecular weight is 345 g/mol. The summed E-state index contributed by atoms with van der Waals surface area (Å²) in [5, 5.41) is 0. The molecule has 1 aliphatic carbocycles. The molecule has 0 aromatic heterocycles. The van der Waals surface area contributed by atoms with Crippen LogP contribution in [0.2, 0.25) is 0 Å². The van der Waals surface area contributed by atoms with Crippen LogP contribution in [-0.2, 0) is 19.3 Å². The van der Waals surface area contributed by atoms with E-state index in [-0.39, 0.29) is 39.2 Å². The predicted octanol–water partition coefficient (Wildman–Crippen LogP) is 1.12. The molecular formula is C13H22F3NO4S. The summed E-state index contributed by atoms with van der Waals surface area (Å²) in [6.45, 7) is 0.146. The zero-order valence-electron chi connectivity index (χ0n) is 12.4. The van der Waals surface area contributed by atoms with E-state index in [0.717, 1.165) is 6.26 Å². The summed E-state index contributed by atoms with van der Waals surface area (Å²) in [6, 6.07) is 0. The van der Waals surface area contributed by atoms with E-state index >= 15 is 0 Å². The first-order valence-corrected chi connectivity index (χ1v) is 9.16. The van der Waals surface area contributed by atoms with Crippen molar-refractivity contribution >= 4 is 9.84 Å². The lowest BCUT2D eigenvalue weighted by molar-refractivity contribution is -0.222.